The number of rotatable bonds is 8. The molecule has 4 atom stereocenters. The highest BCUT2D eigenvalue weighted by atomic mass is 32.2. The number of fused-ring (bicyclic) bond motifs is 3. The van der Waals surface area contributed by atoms with Crippen molar-refractivity contribution < 1.29 is 19.1 Å². The van der Waals surface area contributed by atoms with E-state index in [1.54, 1.807) is 23.8 Å². The molecule has 3 amide bonds. The summed E-state index contributed by atoms with van der Waals surface area (Å²) in [6, 6.07) is 6.19. The van der Waals surface area contributed by atoms with E-state index in [1.807, 2.05) is 52.0 Å². The lowest BCUT2D eigenvalue weighted by molar-refractivity contribution is -0.133. The molecule has 0 spiro atoms. The van der Waals surface area contributed by atoms with Crippen LogP contribution in [-0.2, 0) is 14.3 Å². The lowest BCUT2D eigenvalue weighted by atomic mass is 9.95. The highest BCUT2D eigenvalue weighted by Crippen LogP contribution is 2.56. The summed E-state index contributed by atoms with van der Waals surface area (Å²) in [5, 5.41) is 5.59. The third-order valence-electron chi connectivity index (χ3n) is 5.94. The van der Waals surface area contributed by atoms with Gasteiger partial charge in [0.15, 0.2) is 0 Å². The van der Waals surface area contributed by atoms with Crippen molar-refractivity contribution in [3.63, 3.8) is 0 Å². The predicted molar refractivity (Wildman–Crippen MR) is 117 cm³/mol. The van der Waals surface area contributed by atoms with Gasteiger partial charge in [0, 0.05) is 24.0 Å². The Morgan fingerprint density at radius 1 is 1.30 bits per heavy atom. The van der Waals surface area contributed by atoms with Crippen LogP contribution in [0.1, 0.15) is 55.4 Å². The molecule has 1 aromatic carbocycles. The van der Waals surface area contributed by atoms with Crippen LogP contribution < -0.4 is 10.6 Å². The molecule has 0 aliphatic carbocycles. The van der Waals surface area contributed by atoms with Crippen molar-refractivity contribution in [1.29, 1.82) is 0 Å². The molecule has 2 N–H and O–H groups in total. The smallest absolute Gasteiger partial charge is 0.256 e. The van der Waals surface area contributed by atoms with Gasteiger partial charge in [0.2, 0.25) is 11.8 Å². The summed E-state index contributed by atoms with van der Waals surface area (Å²) in [6.45, 7) is 8.67. The van der Waals surface area contributed by atoms with E-state index in [0.717, 1.165) is 12.0 Å². The summed E-state index contributed by atoms with van der Waals surface area (Å²) in [4.78, 5) is 41.0. The zero-order chi connectivity index (χ0) is 22.1. The third kappa shape index (κ3) is 4.07. The number of thioether (sulfide) groups is 1. The number of amides is 3. The normalized spacial score (nSPS) is 23.5. The quantitative estimate of drug-likeness (QED) is 0.615. The number of hydrogen-bond donors (Lipinski definition) is 2. The summed E-state index contributed by atoms with van der Waals surface area (Å²) in [5.74, 6) is -0.691. The Labute approximate surface area is 182 Å². The first-order valence-electron chi connectivity index (χ1n) is 10.4. The van der Waals surface area contributed by atoms with Crippen molar-refractivity contribution in [2.24, 2.45) is 5.92 Å². The van der Waals surface area contributed by atoms with Gasteiger partial charge >= 0.3 is 0 Å². The molecule has 2 aliphatic rings. The number of carbonyl (C=O) groups is 3. The van der Waals surface area contributed by atoms with Crippen molar-refractivity contribution in [3.05, 3.63) is 35.4 Å². The number of methoxy groups -OCH3 is 1. The molecule has 164 valence electrons. The Balaban J connectivity index is 1.82. The van der Waals surface area contributed by atoms with Crippen molar-refractivity contribution in [3.8, 4) is 0 Å². The fourth-order valence-corrected chi connectivity index (χ4v) is 5.71. The van der Waals surface area contributed by atoms with E-state index in [9.17, 15) is 14.4 Å². The number of ether oxygens (including phenoxy) is 1. The van der Waals surface area contributed by atoms with Crippen LogP contribution in [0.3, 0.4) is 0 Å². The first kappa shape index (κ1) is 22.6. The molecular weight excluding hydrogens is 402 g/mol. The Morgan fingerprint density at radius 3 is 2.67 bits per heavy atom. The molecule has 2 heterocycles. The molecule has 3 rings (SSSR count). The fourth-order valence-electron chi connectivity index (χ4n) is 4.12. The Bertz CT molecular complexity index is 828. The largest absolute Gasteiger partial charge is 0.383 e. The Hall–Kier alpha value is -2.06. The molecule has 0 unspecified atom stereocenters. The molecule has 1 saturated heterocycles. The van der Waals surface area contributed by atoms with E-state index in [-0.39, 0.29) is 29.0 Å². The molecule has 7 nitrogen and oxygen atoms in total. The number of nitrogens with one attached hydrogen (secondary N) is 2. The SMILES string of the molecule is CC[C@@H](C)[C@H](NC(=O)[C@H]1N2C(=O)c3ccccc3[C@H]2SC1(C)C)C(=O)NCCOC. The second-order valence-electron chi connectivity index (χ2n) is 8.43. The van der Waals surface area contributed by atoms with Gasteiger partial charge in [-0.2, -0.15) is 0 Å². The highest BCUT2D eigenvalue weighted by Gasteiger charge is 2.57. The maximum atomic E-state index is 13.4. The minimum absolute atomic E-state index is 0.0454. The topological polar surface area (TPSA) is 87.7 Å². The first-order valence-corrected chi connectivity index (χ1v) is 11.3. The number of hydrogen-bond acceptors (Lipinski definition) is 5. The maximum absolute atomic E-state index is 13.4. The van der Waals surface area contributed by atoms with Gasteiger partial charge in [0.25, 0.3) is 5.91 Å². The third-order valence-corrected chi connectivity index (χ3v) is 7.48. The molecule has 0 saturated carbocycles. The lowest BCUT2D eigenvalue weighted by Gasteiger charge is -2.32. The standard InChI is InChI=1S/C22H31N3O4S/c1-6-13(2)16(18(26)23-11-12-29-5)24-19(27)17-22(3,4)30-21-15-10-8-7-9-14(15)20(28)25(17)21/h7-10,13,16-17,21H,6,11-12H2,1-5H3,(H,23,26)(H,24,27)/t13-,16+,17-,21-/m1/s1. The van der Waals surface area contributed by atoms with Crippen LogP contribution in [0.2, 0.25) is 0 Å². The lowest BCUT2D eigenvalue weighted by Crippen LogP contribution is -2.58. The van der Waals surface area contributed by atoms with Crippen molar-refractivity contribution in [2.75, 3.05) is 20.3 Å². The van der Waals surface area contributed by atoms with Crippen LogP contribution in [0.15, 0.2) is 24.3 Å². The van der Waals surface area contributed by atoms with E-state index in [4.69, 9.17) is 4.74 Å². The van der Waals surface area contributed by atoms with E-state index in [2.05, 4.69) is 10.6 Å². The summed E-state index contributed by atoms with van der Waals surface area (Å²) in [7, 11) is 1.57. The zero-order valence-electron chi connectivity index (χ0n) is 18.2. The molecule has 2 aliphatic heterocycles. The second kappa shape index (κ2) is 8.98. The van der Waals surface area contributed by atoms with Crippen LogP contribution in [0.4, 0.5) is 0 Å². The minimum Gasteiger partial charge on any atom is -0.383 e. The van der Waals surface area contributed by atoms with Crippen molar-refractivity contribution in [2.45, 2.75) is 56.3 Å². The molecule has 0 radical (unpaired) electrons. The number of nitrogens with zero attached hydrogens (tertiary/aromatic N) is 1. The Morgan fingerprint density at radius 2 is 2.00 bits per heavy atom. The van der Waals surface area contributed by atoms with Gasteiger partial charge in [-0.05, 0) is 31.4 Å². The van der Waals surface area contributed by atoms with Gasteiger partial charge in [-0.1, -0.05) is 38.5 Å². The van der Waals surface area contributed by atoms with Crippen LogP contribution in [0.25, 0.3) is 0 Å². The van der Waals surface area contributed by atoms with Crippen molar-refractivity contribution >= 4 is 29.5 Å². The van der Waals surface area contributed by atoms with Gasteiger partial charge in [0.05, 0.1) is 6.61 Å². The maximum Gasteiger partial charge on any atom is 0.256 e. The van der Waals surface area contributed by atoms with E-state index in [0.29, 0.717) is 18.7 Å². The van der Waals surface area contributed by atoms with Crippen molar-refractivity contribution in [1.82, 2.24) is 15.5 Å². The number of benzene rings is 1. The van der Waals surface area contributed by atoms with Gasteiger partial charge in [-0.3, -0.25) is 14.4 Å². The average Bonchev–Trinajstić information content (AvgIpc) is 3.15. The number of carbonyl (C=O) groups excluding carboxylic acids is 3. The molecule has 0 bridgehead atoms. The fraction of sp³-hybridized carbons (Fsp3) is 0.591. The van der Waals surface area contributed by atoms with Crippen LogP contribution in [0.5, 0.6) is 0 Å². The summed E-state index contributed by atoms with van der Waals surface area (Å²) in [5.41, 5.74) is 1.60. The second-order valence-corrected chi connectivity index (χ2v) is 10.2. The van der Waals surface area contributed by atoms with Gasteiger partial charge < -0.3 is 20.3 Å². The molecule has 30 heavy (non-hydrogen) atoms. The van der Waals surface area contributed by atoms with Gasteiger partial charge in [-0.25, -0.2) is 0 Å². The predicted octanol–water partition coefficient (Wildman–Crippen LogP) is 2.33. The molecular formula is C22H31N3O4S. The molecule has 1 fully saturated rings. The van der Waals surface area contributed by atoms with E-state index < -0.39 is 16.8 Å². The molecule has 0 aromatic heterocycles. The molecule has 1 aromatic rings. The summed E-state index contributed by atoms with van der Waals surface area (Å²) >= 11 is 1.61. The summed E-state index contributed by atoms with van der Waals surface area (Å²) in [6.07, 6.45) is 0.738. The zero-order valence-corrected chi connectivity index (χ0v) is 19.0. The summed E-state index contributed by atoms with van der Waals surface area (Å²) < 4.78 is 4.51. The van der Waals surface area contributed by atoms with Crippen LogP contribution in [0, 0.1) is 5.92 Å². The van der Waals surface area contributed by atoms with Gasteiger partial charge in [-0.15, -0.1) is 11.8 Å². The van der Waals surface area contributed by atoms with Crippen LogP contribution in [-0.4, -0.2) is 59.7 Å². The highest BCUT2D eigenvalue weighted by molar-refractivity contribution is 8.01. The Kier molecular flexibility index (Phi) is 6.77. The monoisotopic (exact) mass is 433 g/mol. The van der Waals surface area contributed by atoms with E-state index >= 15 is 0 Å². The van der Waals surface area contributed by atoms with E-state index in [1.165, 1.54) is 0 Å². The minimum atomic E-state index is -0.667. The first-order chi connectivity index (χ1) is 14.2. The molecule has 8 heteroatoms. The van der Waals surface area contributed by atoms with Crippen LogP contribution >= 0.6 is 11.8 Å². The average molecular weight is 434 g/mol. The van der Waals surface area contributed by atoms with Gasteiger partial charge in [0.1, 0.15) is 17.5 Å².